The van der Waals surface area contributed by atoms with Gasteiger partial charge in [-0.05, 0) is 31.2 Å². The number of primary amides is 1. The van der Waals surface area contributed by atoms with Crippen LogP contribution < -0.4 is 21.3 Å². The second-order valence-corrected chi connectivity index (χ2v) is 7.82. The average Bonchev–Trinajstić information content (AvgIpc) is 2.85. The minimum Gasteiger partial charge on any atom is -0.378 e. The van der Waals surface area contributed by atoms with E-state index in [4.69, 9.17) is 10.5 Å². The van der Waals surface area contributed by atoms with Gasteiger partial charge < -0.3 is 20.7 Å². The van der Waals surface area contributed by atoms with Gasteiger partial charge in [0.25, 0.3) is 0 Å². The molecule has 1 aliphatic rings. The summed E-state index contributed by atoms with van der Waals surface area (Å²) in [4.78, 5) is 55.1. The van der Waals surface area contributed by atoms with Crippen molar-refractivity contribution < 1.29 is 19.1 Å². The molecular weight excluding hydrogens is 452 g/mol. The molecule has 12 nitrogen and oxygen atoms in total. The molecule has 0 atom stereocenters. The average molecular weight is 476 g/mol. The van der Waals surface area contributed by atoms with Gasteiger partial charge in [-0.1, -0.05) is 0 Å². The summed E-state index contributed by atoms with van der Waals surface area (Å²) in [6.45, 7) is 5.77. The molecule has 1 saturated heterocycles. The molecule has 0 unspecified atom stereocenters. The molecule has 3 aromatic rings. The number of Topliss-reactive ketones (excluding diaryl/α,β-unsaturated/α-hetero) is 1. The minimum atomic E-state index is -0.565. The third-order valence-electron chi connectivity index (χ3n) is 5.33. The lowest BCUT2D eigenvalue weighted by Gasteiger charge is -2.29. The molecule has 3 heterocycles. The van der Waals surface area contributed by atoms with Crippen LogP contribution in [0.1, 0.15) is 33.3 Å². The van der Waals surface area contributed by atoms with Gasteiger partial charge in [-0.3, -0.25) is 14.9 Å². The van der Waals surface area contributed by atoms with Crippen molar-refractivity contribution in [3.63, 3.8) is 0 Å². The molecule has 0 saturated carbocycles. The third-order valence-corrected chi connectivity index (χ3v) is 5.33. The van der Waals surface area contributed by atoms with Crippen molar-refractivity contribution in [2.75, 3.05) is 41.8 Å². The van der Waals surface area contributed by atoms with Crippen molar-refractivity contribution >= 4 is 35.2 Å². The van der Waals surface area contributed by atoms with Crippen LogP contribution >= 0.6 is 0 Å². The largest absolute Gasteiger partial charge is 0.378 e. The van der Waals surface area contributed by atoms with Gasteiger partial charge in [0.05, 0.1) is 18.8 Å². The van der Waals surface area contributed by atoms with Gasteiger partial charge in [-0.2, -0.15) is 0 Å². The van der Waals surface area contributed by atoms with E-state index in [0.717, 1.165) is 0 Å². The fourth-order valence-corrected chi connectivity index (χ4v) is 3.55. The van der Waals surface area contributed by atoms with Crippen LogP contribution in [0.3, 0.4) is 0 Å². The Morgan fingerprint density at radius 3 is 2.26 bits per heavy atom. The molecule has 1 aromatic carbocycles. The first-order valence-electron chi connectivity index (χ1n) is 10.8. The molecule has 1 aliphatic heterocycles. The Morgan fingerprint density at radius 2 is 1.66 bits per heavy atom. The Labute approximate surface area is 201 Å². The van der Waals surface area contributed by atoms with Crippen molar-refractivity contribution in [1.29, 1.82) is 0 Å². The summed E-state index contributed by atoms with van der Waals surface area (Å²) >= 11 is 0. The molecule has 1 fully saturated rings. The summed E-state index contributed by atoms with van der Waals surface area (Å²) in [5, 5.41) is 5.14. The lowest BCUT2D eigenvalue weighted by Crippen LogP contribution is -2.37. The van der Waals surface area contributed by atoms with Gasteiger partial charge in [0.2, 0.25) is 11.9 Å². The number of nitrogens with two attached hydrogens (primary N) is 1. The Morgan fingerprint density at radius 1 is 1.00 bits per heavy atom. The maximum atomic E-state index is 12.3. The highest BCUT2D eigenvalue weighted by Gasteiger charge is 2.21. The van der Waals surface area contributed by atoms with Crippen molar-refractivity contribution in [3.8, 4) is 11.4 Å². The summed E-state index contributed by atoms with van der Waals surface area (Å²) in [5.74, 6) is 0.326. The molecule has 180 valence electrons. The first-order valence-corrected chi connectivity index (χ1v) is 10.8. The number of rotatable bonds is 6. The van der Waals surface area contributed by atoms with Crippen LogP contribution in [0, 0.1) is 6.92 Å². The van der Waals surface area contributed by atoms with E-state index >= 15 is 0 Å². The number of benzene rings is 1. The molecule has 0 bridgehead atoms. The predicted octanol–water partition coefficient (Wildman–Crippen LogP) is 2.02. The van der Waals surface area contributed by atoms with E-state index in [1.165, 1.54) is 31.5 Å². The summed E-state index contributed by atoms with van der Waals surface area (Å²) in [6, 6.07) is 5.55. The Bertz CT molecular complexity index is 1260. The fourth-order valence-electron chi connectivity index (χ4n) is 3.55. The highest BCUT2D eigenvalue weighted by atomic mass is 16.5. The monoisotopic (exact) mass is 476 g/mol. The highest BCUT2D eigenvalue weighted by molar-refractivity contribution is 5.99. The van der Waals surface area contributed by atoms with Crippen LogP contribution in [-0.4, -0.2) is 64.0 Å². The number of aromatic nitrogens is 4. The van der Waals surface area contributed by atoms with E-state index in [0.29, 0.717) is 66.0 Å². The molecule has 4 N–H and O–H groups in total. The zero-order chi connectivity index (χ0) is 24.9. The Balaban J connectivity index is 1.50. The number of ether oxygens (including phenoxy) is 1. The predicted molar refractivity (Wildman–Crippen MR) is 128 cm³/mol. The summed E-state index contributed by atoms with van der Waals surface area (Å²) in [6.07, 6.45) is 2.95. The SMILES string of the molecule is CC(=O)c1nc(-c2cnc(NC(=O)Nc3ccc(C(N)=O)cc3)nc2)nc(N2CCOCC2)c1C. The van der Waals surface area contributed by atoms with Crippen LogP contribution in [0.15, 0.2) is 36.7 Å². The standard InChI is InChI=1S/C23H24N8O4/c1-13-18(14(2)32)28-20(29-21(13)31-7-9-35-10-8-31)16-11-25-22(26-12-16)30-23(34)27-17-5-3-15(4-6-17)19(24)33/h3-6,11-12H,7-10H2,1-2H3,(H2,24,33)(H2,25,26,27,30,34). The van der Waals surface area contributed by atoms with Gasteiger partial charge in [0.1, 0.15) is 11.5 Å². The number of urea groups is 1. The molecule has 3 amide bonds. The van der Waals surface area contributed by atoms with Gasteiger partial charge in [0.15, 0.2) is 11.6 Å². The lowest BCUT2D eigenvalue weighted by atomic mass is 10.1. The normalized spacial score (nSPS) is 13.3. The number of morpholine rings is 1. The number of ketones is 1. The Hall–Kier alpha value is -4.45. The number of hydrogen-bond donors (Lipinski definition) is 3. The third kappa shape index (κ3) is 5.55. The van der Waals surface area contributed by atoms with Crippen LogP contribution in [0.25, 0.3) is 11.4 Å². The Kier molecular flexibility index (Phi) is 6.92. The number of hydrogen-bond acceptors (Lipinski definition) is 9. The zero-order valence-electron chi connectivity index (χ0n) is 19.2. The fraction of sp³-hybridized carbons (Fsp3) is 0.261. The first-order chi connectivity index (χ1) is 16.8. The van der Waals surface area contributed by atoms with Crippen LogP contribution in [0.4, 0.5) is 22.2 Å². The van der Waals surface area contributed by atoms with Crippen molar-refractivity contribution in [3.05, 3.63) is 53.5 Å². The maximum Gasteiger partial charge on any atom is 0.326 e. The van der Waals surface area contributed by atoms with Gasteiger partial charge in [-0.25, -0.2) is 24.7 Å². The molecule has 0 aliphatic carbocycles. The van der Waals surface area contributed by atoms with E-state index in [1.54, 1.807) is 12.1 Å². The van der Waals surface area contributed by atoms with Gasteiger partial charge in [0, 0.05) is 49.2 Å². The topological polar surface area (TPSA) is 165 Å². The van der Waals surface area contributed by atoms with E-state index in [2.05, 4.69) is 35.5 Å². The summed E-state index contributed by atoms with van der Waals surface area (Å²) in [7, 11) is 0. The van der Waals surface area contributed by atoms with Crippen LogP contribution in [-0.2, 0) is 4.74 Å². The second-order valence-electron chi connectivity index (χ2n) is 7.82. The maximum absolute atomic E-state index is 12.3. The number of anilines is 3. The summed E-state index contributed by atoms with van der Waals surface area (Å²) < 4.78 is 5.42. The van der Waals surface area contributed by atoms with Gasteiger partial charge in [-0.15, -0.1) is 0 Å². The second kappa shape index (κ2) is 10.2. The van der Waals surface area contributed by atoms with E-state index in [-0.39, 0.29) is 11.7 Å². The van der Waals surface area contributed by atoms with Crippen molar-refractivity contribution in [2.24, 2.45) is 5.73 Å². The van der Waals surface area contributed by atoms with Crippen LogP contribution in [0.2, 0.25) is 0 Å². The smallest absolute Gasteiger partial charge is 0.326 e. The highest BCUT2D eigenvalue weighted by Crippen LogP contribution is 2.25. The number of carbonyl (C=O) groups excluding carboxylic acids is 3. The quantitative estimate of drug-likeness (QED) is 0.451. The summed E-state index contributed by atoms with van der Waals surface area (Å²) in [5.41, 5.74) is 7.54. The molecule has 0 radical (unpaired) electrons. The number of carbonyl (C=O) groups is 3. The van der Waals surface area contributed by atoms with E-state index in [9.17, 15) is 14.4 Å². The van der Waals surface area contributed by atoms with Crippen molar-refractivity contribution in [1.82, 2.24) is 19.9 Å². The van der Waals surface area contributed by atoms with E-state index in [1.807, 2.05) is 6.92 Å². The van der Waals surface area contributed by atoms with Crippen LogP contribution in [0.5, 0.6) is 0 Å². The molecule has 4 rings (SSSR count). The van der Waals surface area contributed by atoms with E-state index < -0.39 is 11.9 Å². The molecule has 0 spiro atoms. The lowest BCUT2D eigenvalue weighted by molar-refractivity contribution is 0.0995. The van der Waals surface area contributed by atoms with Crippen molar-refractivity contribution in [2.45, 2.75) is 13.8 Å². The minimum absolute atomic E-state index is 0.0623. The molecule has 2 aromatic heterocycles. The number of nitrogens with one attached hydrogen (secondary N) is 2. The molecular formula is C23H24N8O4. The number of amides is 3. The molecule has 12 heteroatoms. The van der Waals surface area contributed by atoms with Gasteiger partial charge >= 0.3 is 6.03 Å². The number of nitrogens with zero attached hydrogens (tertiary/aromatic N) is 5. The molecule has 35 heavy (non-hydrogen) atoms. The zero-order valence-corrected chi connectivity index (χ0v) is 19.2. The first kappa shape index (κ1) is 23.7.